The van der Waals surface area contributed by atoms with Crippen molar-refractivity contribution in [3.63, 3.8) is 0 Å². The number of hydrogen-bond acceptors (Lipinski definition) is 4. The lowest BCUT2D eigenvalue weighted by molar-refractivity contribution is -0.134. The van der Waals surface area contributed by atoms with Gasteiger partial charge in [-0.25, -0.2) is 0 Å². The molecule has 2 N–H and O–H groups in total. The highest BCUT2D eigenvalue weighted by atomic mass is 127. The molecule has 2 aliphatic heterocycles. The summed E-state index contributed by atoms with van der Waals surface area (Å²) in [5.74, 6) is 2.98. The summed E-state index contributed by atoms with van der Waals surface area (Å²) in [5.41, 5.74) is 1.17. The Hall–Kier alpha value is -1.71. The van der Waals surface area contributed by atoms with Crippen LogP contribution in [-0.4, -0.2) is 69.7 Å². The number of carbonyl (C=O) groups excluding carboxylic acids is 1. The molecule has 4 rings (SSSR count). The maximum atomic E-state index is 12.7. The van der Waals surface area contributed by atoms with E-state index >= 15 is 0 Å². The predicted molar refractivity (Wildman–Crippen MR) is 140 cm³/mol. The number of anilines is 1. The molecular formula is C24H38IN5O2. The number of guanidine groups is 1. The Kier molecular flexibility index (Phi) is 9.31. The number of aliphatic imine (C=N–C) groups is 1. The van der Waals surface area contributed by atoms with Crippen LogP contribution < -0.4 is 20.3 Å². The zero-order valence-corrected chi connectivity index (χ0v) is 21.7. The fraction of sp³-hybridized carbons (Fsp3) is 0.667. The molecule has 2 heterocycles. The van der Waals surface area contributed by atoms with E-state index in [9.17, 15) is 4.79 Å². The first-order chi connectivity index (χ1) is 15.2. The highest BCUT2D eigenvalue weighted by Crippen LogP contribution is 2.32. The van der Waals surface area contributed by atoms with Gasteiger partial charge in [0, 0.05) is 51.7 Å². The van der Waals surface area contributed by atoms with Gasteiger partial charge in [-0.15, -0.1) is 24.0 Å². The van der Waals surface area contributed by atoms with E-state index in [4.69, 9.17) is 4.74 Å². The van der Waals surface area contributed by atoms with Gasteiger partial charge in [0.05, 0.1) is 12.8 Å². The van der Waals surface area contributed by atoms with Crippen molar-refractivity contribution in [2.24, 2.45) is 16.8 Å². The summed E-state index contributed by atoms with van der Waals surface area (Å²) >= 11 is 0. The van der Waals surface area contributed by atoms with Crippen molar-refractivity contribution >= 4 is 41.5 Å². The Morgan fingerprint density at radius 1 is 1.12 bits per heavy atom. The van der Waals surface area contributed by atoms with Crippen LogP contribution in [-0.2, 0) is 4.79 Å². The largest absolute Gasteiger partial charge is 0.495 e. The van der Waals surface area contributed by atoms with Gasteiger partial charge in [-0.3, -0.25) is 9.79 Å². The first kappa shape index (κ1) is 24.9. The maximum absolute atomic E-state index is 12.7. The van der Waals surface area contributed by atoms with Crippen LogP contribution in [0.3, 0.4) is 0 Å². The van der Waals surface area contributed by atoms with E-state index in [0.717, 1.165) is 70.1 Å². The summed E-state index contributed by atoms with van der Waals surface area (Å²) in [6.45, 7) is 4.60. The van der Waals surface area contributed by atoms with E-state index in [2.05, 4.69) is 37.6 Å². The van der Waals surface area contributed by atoms with E-state index in [1.807, 2.05) is 19.2 Å². The molecule has 2 saturated heterocycles. The van der Waals surface area contributed by atoms with Crippen LogP contribution in [0, 0.1) is 11.8 Å². The van der Waals surface area contributed by atoms with Gasteiger partial charge in [-0.2, -0.15) is 0 Å². The van der Waals surface area contributed by atoms with Crippen molar-refractivity contribution in [3.05, 3.63) is 24.3 Å². The third-order valence-electron chi connectivity index (χ3n) is 7.04. The van der Waals surface area contributed by atoms with Crippen LogP contribution in [0.1, 0.15) is 38.5 Å². The van der Waals surface area contributed by atoms with Gasteiger partial charge in [0.25, 0.3) is 0 Å². The third-order valence-corrected chi connectivity index (χ3v) is 7.04. The lowest BCUT2D eigenvalue weighted by Gasteiger charge is -2.23. The molecule has 32 heavy (non-hydrogen) atoms. The second-order valence-corrected chi connectivity index (χ2v) is 9.12. The smallest absolute Gasteiger partial charge is 0.225 e. The molecule has 0 spiro atoms. The zero-order chi connectivity index (χ0) is 21.6. The highest BCUT2D eigenvalue weighted by Gasteiger charge is 2.32. The molecule has 2 atom stereocenters. The van der Waals surface area contributed by atoms with Gasteiger partial charge in [-0.1, -0.05) is 25.0 Å². The lowest BCUT2D eigenvalue weighted by atomic mass is 10.1. The monoisotopic (exact) mass is 555 g/mol. The van der Waals surface area contributed by atoms with Crippen molar-refractivity contribution in [3.8, 4) is 5.75 Å². The zero-order valence-electron chi connectivity index (χ0n) is 19.4. The Labute approximate surface area is 209 Å². The molecule has 3 aliphatic rings. The molecular weight excluding hydrogens is 517 g/mol. The maximum Gasteiger partial charge on any atom is 0.225 e. The topological polar surface area (TPSA) is 69.2 Å². The molecule has 0 radical (unpaired) electrons. The van der Waals surface area contributed by atoms with Crippen molar-refractivity contribution in [2.45, 2.75) is 44.6 Å². The number of methoxy groups -OCH3 is 1. The van der Waals surface area contributed by atoms with E-state index in [0.29, 0.717) is 11.8 Å². The molecule has 0 aromatic heterocycles. The number of nitrogens with zero attached hydrogens (tertiary/aromatic N) is 3. The standard InChI is InChI=1S/C24H37N5O2.HI/c1-25-24(27-20-12-14-29(17-20)23(30)19-7-3-4-8-19)26-15-18-11-13-28(16-18)21-9-5-6-10-22(21)31-2;/h5-6,9-10,18-20H,3-4,7-8,11-17H2,1-2H3,(H2,25,26,27);1H. The summed E-state index contributed by atoms with van der Waals surface area (Å²) in [6.07, 6.45) is 6.70. The number of ether oxygens (including phenoxy) is 1. The number of carbonyl (C=O) groups is 1. The summed E-state index contributed by atoms with van der Waals surface area (Å²) < 4.78 is 5.53. The minimum atomic E-state index is 0. The minimum absolute atomic E-state index is 0. The molecule has 178 valence electrons. The quantitative estimate of drug-likeness (QED) is 0.321. The summed E-state index contributed by atoms with van der Waals surface area (Å²) in [5, 5.41) is 7.05. The third kappa shape index (κ3) is 5.99. The predicted octanol–water partition coefficient (Wildman–Crippen LogP) is 3.10. The highest BCUT2D eigenvalue weighted by molar-refractivity contribution is 14.0. The van der Waals surface area contributed by atoms with Crippen LogP contribution >= 0.6 is 24.0 Å². The number of nitrogens with one attached hydrogen (secondary N) is 2. The van der Waals surface area contributed by atoms with Crippen LogP contribution in [0.25, 0.3) is 0 Å². The SMILES string of the molecule is CN=C(NCC1CCN(c2ccccc2OC)C1)NC1CCN(C(=O)C2CCCC2)C1.I. The van der Waals surface area contributed by atoms with Gasteiger partial charge in [0.2, 0.25) is 5.91 Å². The first-order valence-electron chi connectivity index (χ1n) is 11.8. The molecule has 1 aliphatic carbocycles. The van der Waals surface area contributed by atoms with E-state index in [-0.39, 0.29) is 35.9 Å². The van der Waals surface area contributed by atoms with Gasteiger partial charge in [-0.05, 0) is 43.7 Å². The van der Waals surface area contributed by atoms with E-state index in [1.54, 1.807) is 7.11 Å². The number of likely N-dealkylation sites (tertiary alicyclic amines) is 1. The van der Waals surface area contributed by atoms with Gasteiger partial charge in [0.1, 0.15) is 5.75 Å². The second kappa shape index (κ2) is 12.0. The van der Waals surface area contributed by atoms with Crippen molar-refractivity contribution in [2.75, 3.05) is 51.8 Å². The number of benzene rings is 1. The average molecular weight is 556 g/mol. The fourth-order valence-electron chi connectivity index (χ4n) is 5.25. The minimum Gasteiger partial charge on any atom is -0.495 e. The number of para-hydroxylation sites is 2. The van der Waals surface area contributed by atoms with Crippen molar-refractivity contribution < 1.29 is 9.53 Å². The number of hydrogen-bond donors (Lipinski definition) is 2. The molecule has 1 saturated carbocycles. The van der Waals surface area contributed by atoms with E-state index in [1.165, 1.54) is 18.5 Å². The first-order valence-corrected chi connectivity index (χ1v) is 11.8. The van der Waals surface area contributed by atoms with Gasteiger partial charge < -0.3 is 25.2 Å². The molecule has 1 aromatic rings. The Balaban J connectivity index is 0.00000289. The number of amides is 1. The molecule has 7 nitrogen and oxygen atoms in total. The van der Waals surface area contributed by atoms with Crippen LogP contribution in [0.15, 0.2) is 29.3 Å². The van der Waals surface area contributed by atoms with Crippen LogP contribution in [0.2, 0.25) is 0 Å². The molecule has 8 heteroatoms. The molecule has 1 aromatic carbocycles. The van der Waals surface area contributed by atoms with Gasteiger partial charge in [0.15, 0.2) is 5.96 Å². The normalized spacial score (nSPS) is 23.9. The molecule has 1 amide bonds. The van der Waals surface area contributed by atoms with Crippen molar-refractivity contribution in [1.29, 1.82) is 0 Å². The lowest BCUT2D eigenvalue weighted by Crippen LogP contribution is -2.46. The average Bonchev–Trinajstić information content (AvgIpc) is 3.58. The summed E-state index contributed by atoms with van der Waals surface area (Å²) in [4.78, 5) is 21.6. The molecule has 0 bridgehead atoms. The molecule has 3 fully saturated rings. The Morgan fingerprint density at radius 3 is 2.66 bits per heavy atom. The van der Waals surface area contributed by atoms with Gasteiger partial charge >= 0.3 is 0 Å². The number of rotatable bonds is 6. The Bertz CT molecular complexity index is 783. The van der Waals surface area contributed by atoms with Crippen molar-refractivity contribution in [1.82, 2.24) is 15.5 Å². The van der Waals surface area contributed by atoms with Crippen LogP contribution in [0.4, 0.5) is 5.69 Å². The van der Waals surface area contributed by atoms with E-state index < -0.39 is 0 Å². The number of halogens is 1. The second-order valence-electron chi connectivity index (χ2n) is 9.12. The summed E-state index contributed by atoms with van der Waals surface area (Å²) in [7, 11) is 3.55. The fourth-order valence-corrected chi connectivity index (χ4v) is 5.25. The molecule has 2 unspecified atom stereocenters. The Morgan fingerprint density at radius 2 is 1.91 bits per heavy atom. The summed E-state index contributed by atoms with van der Waals surface area (Å²) in [6, 6.07) is 8.52. The van der Waals surface area contributed by atoms with Crippen LogP contribution in [0.5, 0.6) is 5.75 Å².